The Morgan fingerprint density at radius 2 is 1.90 bits per heavy atom. The Balaban J connectivity index is 2.10. The maximum atomic E-state index is 4.49. The molecule has 3 heteroatoms. The Morgan fingerprint density at radius 3 is 2.45 bits per heavy atom. The lowest BCUT2D eigenvalue weighted by Gasteiger charge is -2.16. The third-order valence-corrected chi connectivity index (χ3v) is 4.09. The van der Waals surface area contributed by atoms with Gasteiger partial charge in [0.25, 0.3) is 0 Å². The highest BCUT2D eigenvalue weighted by Crippen LogP contribution is 2.21. The van der Waals surface area contributed by atoms with E-state index in [1.807, 2.05) is 11.7 Å². The molecule has 0 saturated heterocycles. The van der Waals surface area contributed by atoms with Crippen LogP contribution in [0.5, 0.6) is 0 Å². The summed E-state index contributed by atoms with van der Waals surface area (Å²) in [5, 5.41) is 8.11. The number of nitrogens with zero attached hydrogens (tertiary/aromatic N) is 2. The van der Waals surface area contributed by atoms with Crippen LogP contribution in [0.1, 0.15) is 46.6 Å². The molecule has 108 valence electrons. The van der Waals surface area contributed by atoms with Crippen molar-refractivity contribution in [1.29, 1.82) is 0 Å². The first kappa shape index (κ1) is 14.8. The molecular weight excluding hydrogens is 246 g/mol. The molecule has 2 rings (SSSR count). The summed E-state index contributed by atoms with van der Waals surface area (Å²) in [7, 11) is 2.00. The molecule has 0 aliphatic rings. The van der Waals surface area contributed by atoms with Gasteiger partial charge in [-0.2, -0.15) is 5.10 Å². The second-order valence-corrected chi connectivity index (χ2v) is 5.74. The number of aryl methyl sites for hydroxylation is 4. The van der Waals surface area contributed by atoms with E-state index >= 15 is 0 Å². The van der Waals surface area contributed by atoms with Crippen LogP contribution in [0.15, 0.2) is 18.2 Å². The van der Waals surface area contributed by atoms with E-state index in [1.165, 1.54) is 27.9 Å². The largest absolute Gasteiger partial charge is 0.306 e. The highest BCUT2D eigenvalue weighted by Gasteiger charge is 2.15. The molecule has 0 unspecified atom stereocenters. The molecule has 0 spiro atoms. The summed E-state index contributed by atoms with van der Waals surface area (Å²) in [5.41, 5.74) is 7.70. The molecule has 2 aromatic rings. The van der Waals surface area contributed by atoms with Gasteiger partial charge >= 0.3 is 0 Å². The van der Waals surface area contributed by atoms with Gasteiger partial charge in [0.05, 0.1) is 5.69 Å². The van der Waals surface area contributed by atoms with Crippen molar-refractivity contribution < 1.29 is 0 Å². The summed E-state index contributed by atoms with van der Waals surface area (Å²) in [6.07, 6.45) is 0. The topological polar surface area (TPSA) is 29.9 Å². The van der Waals surface area contributed by atoms with Crippen molar-refractivity contribution in [3.63, 3.8) is 0 Å². The molecular formula is C17H25N3. The minimum atomic E-state index is 0.310. The minimum Gasteiger partial charge on any atom is -0.306 e. The molecule has 0 aliphatic heterocycles. The third kappa shape index (κ3) is 2.93. The summed E-state index contributed by atoms with van der Waals surface area (Å²) in [6.45, 7) is 11.6. The molecule has 0 amide bonds. The quantitative estimate of drug-likeness (QED) is 0.922. The highest BCUT2D eigenvalue weighted by atomic mass is 15.3. The summed E-state index contributed by atoms with van der Waals surface area (Å²) in [4.78, 5) is 0. The van der Waals surface area contributed by atoms with E-state index in [1.54, 1.807) is 0 Å². The van der Waals surface area contributed by atoms with Crippen LogP contribution in [0, 0.1) is 27.7 Å². The van der Waals surface area contributed by atoms with Gasteiger partial charge in [-0.3, -0.25) is 4.68 Å². The Hall–Kier alpha value is -1.61. The summed E-state index contributed by atoms with van der Waals surface area (Å²) >= 11 is 0. The third-order valence-electron chi connectivity index (χ3n) is 4.09. The highest BCUT2D eigenvalue weighted by molar-refractivity contribution is 5.31. The second-order valence-electron chi connectivity index (χ2n) is 5.74. The molecule has 3 nitrogen and oxygen atoms in total. The number of rotatable bonds is 4. The molecule has 0 fully saturated rings. The number of hydrogen-bond acceptors (Lipinski definition) is 2. The Labute approximate surface area is 122 Å². The standard InChI is InChI=1S/C17H25N3/c1-11-7-8-16(12(2)9-11)10-18-13(3)17-14(4)19-20(6)15(17)5/h7-9,13,18H,10H2,1-6H3/t13-/m1/s1. The Bertz CT molecular complexity index is 611. The summed E-state index contributed by atoms with van der Waals surface area (Å²) in [6, 6.07) is 6.94. The van der Waals surface area contributed by atoms with Crippen LogP contribution in [0.3, 0.4) is 0 Å². The van der Waals surface area contributed by atoms with Crippen molar-refractivity contribution in [1.82, 2.24) is 15.1 Å². The van der Waals surface area contributed by atoms with E-state index in [4.69, 9.17) is 0 Å². The zero-order valence-corrected chi connectivity index (χ0v) is 13.4. The van der Waals surface area contributed by atoms with Gasteiger partial charge in [-0.1, -0.05) is 23.8 Å². The lowest BCUT2D eigenvalue weighted by molar-refractivity contribution is 0.567. The molecule has 1 N–H and O–H groups in total. The van der Waals surface area contributed by atoms with Crippen LogP contribution in [-0.4, -0.2) is 9.78 Å². The van der Waals surface area contributed by atoms with Gasteiger partial charge in [0.15, 0.2) is 0 Å². The first-order valence-electron chi connectivity index (χ1n) is 7.19. The fourth-order valence-corrected chi connectivity index (χ4v) is 2.83. The van der Waals surface area contributed by atoms with Gasteiger partial charge in [-0.05, 0) is 45.7 Å². The average Bonchev–Trinajstić information content (AvgIpc) is 2.62. The predicted molar refractivity (Wildman–Crippen MR) is 83.9 cm³/mol. The average molecular weight is 271 g/mol. The number of benzene rings is 1. The van der Waals surface area contributed by atoms with E-state index in [0.29, 0.717) is 6.04 Å². The molecule has 20 heavy (non-hydrogen) atoms. The fraction of sp³-hybridized carbons (Fsp3) is 0.471. The smallest absolute Gasteiger partial charge is 0.0644 e. The molecule has 0 saturated carbocycles. The lowest BCUT2D eigenvalue weighted by atomic mass is 10.0. The maximum absolute atomic E-state index is 4.49. The van der Waals surface area contributed by atoms with Crippen molar-refractivity contribution in [3.05, 3.63) is 51.8 Å². The molecule has 1 aromatic heterocycles. The predicted octanol–water partition coefficient (Wildman–Crippen LogP) is 3.50. The Morgan fingerprint density at radius 1 is 1.20 bits per heavy atom. The molecule has 0 bridgehead atoms. The molecule has 1 heterocycles. The van der Waals surface area contributed by atoms with E-state index in [2.05, 4.69) is 63.2 Å². The van der Waals surface area contributed by atoms with Crippen molar-refractivity contribution in [3.8, 4) is 0 Å². The first-order chi connectivity index (χ1) is 9.40. The van der Waals surface area contributed by atoms with Gasteiger partial charge in [-0.15, -0.1) is 0 Å². The zero-order chi connectivity index (χ0) is 14.9. The van der Waals surface area contributed by atoms with Crippen LogP contribution < -0.4 is 5.32 Å². The van der Waals surface area contributed by atoms with Crippen LogP contribution in [0.4, 0.5) is 0 Å². The number of nitrogens with one attached hydrogen (secondary N) is 1. The van der Waals surface area contributed by atoms with Crippen molar-refractivity contribution in [2.24, 2.45) is 7.05 Å². The molecule has 1 aromatic carbocycles. The first-order valence-corrected chi connectivity index (χ1v) is 7.19. The van der Waals surface area contributed by atoms with Gasteiger partial charge in [0.2, 0.25) is 0 Å². The van der Waals surface area contributed by atoms with Crippen molar-refractivity contribution in [2.45, 2.75) is 47.2 Å². The normalized spacial score (nSPS) is 12.7. The van der Waals surface area contributed by atoms with E-state index in [-0.39, 0.29) is 0 Å². The van der Waals surface area contributed by atoms with Gasteiger partial charge in [0, 0.05) is 30.9 Å². The van der Waals surface area contributed by atoms with Gasteiger partial charge < -0.3 is 5.32 Å². The van der Waals surface area contributed by atoms with E-state index in [9.17, 15) is 0 Å². The van der Waals surface area contributed by atoms with Crippen LogP contribution in [0.25, 0.3) is 0 Å². The molecule has 0 aliphatic carbocycles. The Kier molecular flexibility index (Phi) is 4.29. The number of aromatic nitrogens is 2. The van der Waals surface area contributed by atoms with Crippen LogP contribution in [-0.2, 0) is 13.6 Å². The second kappa shape index (κ2) is 5.80. The van der Waals surface area contributed by atoms with E-state index in [0.717, 1.165) is 12.2 Å². The monoisotopic (exact) mass is 271 g/mol. The van der Waals surface area contributed by atoms with Crippen molar-refractivity contribution in [2.75, 3.05) is 0 Å². The maximum Gasteiger partial charge on any atom is 0.0644 e. The molecule has 1 atom stereocenters. The SMILES string of the molecule is Cc1ccc(CN[C@H](C)c2c(C)nn(C)c2C)c(C)c1. The van der Waals surface area contributed by atoms with Gasteiger partial charge in [0.1, 0.15) is 0 Å². The van der Waals surface area contributed by atoms with Gasteiger partial charge in [-0.25, -0.2) is 0 Å². The zero-order valence-electron chi connectivity index (χ0n) is 13.4. The lowest BCUT2D eigenvalue weighted by Crippen LogP contribution is -2.19. The summed E-state index contributed by atoms with van der Waals surface area (Å²) in [5.74, 6) is 0. The van der Waals surface area contributed by atoms with Crippen molar-refractivity contribution >= 4 is 0 Å². The van der Waals surface area contributed by atoms with Crippen LogP contribution >= 0.6 is 0 Å². The number of hydrogen-bond donors (Lipinski definition) is 1. The molecule has 0 radical (unpaired) electrons. The van der Waals surface area contributed by atoms with E-state index < -0.39 is 0 Å². The minimum absolute atomic E-state index is 0.310. The summed E-state index contributed by atoms with van der Waals surface area (Å²) < 4.78 is 1.96. The van der Waals surface area contributed by atoms with Crippen LogP contribution in [0.2, 0.25) is 0 Å². The fourth-order valence-electron chi connectivity index (χ4n) is 2.83.